The summed E-state index contributed by atoms with van der Waals surface area (Å²) in [5, 5.41) is 2.17. The van der Waals surface area contributed by atoms with Gasteiger partial charge in [0.15, 0.2) is 0 Å². The average Bonchev–Trinajstić information content (AvgIpc) is 3.13. The number of carbonyl (C=O) groups is 2. The molecule has 1 aromatic heterocycles. The molecular weight excluding hydrogens is 430 g/mol. The molecule has 1 saturated heterocycles. The van der Waals surface area contributed by atoms with Gasteiger partial charge in [-0.3, -0.25) is 14.5 Å². The van der Waals surface area contributed by atoms with Crippen molar-refractivity contribution in [3.05, 3.63) is 57.3 Å². The van der Waals surface area contributed by atoms with Gasteiger partial charge in [-0.2, -0.15) is 0 Å². The average molecular weight is 460 g/mol. The number of fused-ring (bicyclic) bond motifs is 1. The zero-order chi connectivity index (χ0) is 22.0. The van der Waals surface area contributed by atoms with Gasteiger partial charge in [-0.05, 0) is 54.8 Å². The Morgan fingerprint density at radius 2 is 1.81 bits per heavy atom. The maximum absolute atomic E-state index is 13.6. The molecule has 0 spiro atoms. The zero-order valence-corrected chi connectivity index (χ0v) is 19.8. The minimum Gasteiger partial charge on any atom is -0.340 e. The molecule has 4 rings (SSSR count). The molecule has 7 heteroatoms. The van der Waals surface area contributed by atoms with E-state index < -0.39 is 0 Å². The van der Waals surface area contributed by atoms with Crippen LogP contribution in [0.1, 0.15) is 41.0 Å². The summed E-state index contributed by atoms with van der Waals surface area (Å²) in [5.74, 6) is 0.0984. The minimum absolute atomic E-state index is 0.000786. The maximum atomic E-state index is 13.6. The second kappa shape index (κ2) is 9.72. The third-order valence-electron chi connectivity index (χ3n) is 6.62. The van der Waals surface area contributed by atoms with Crippen LogP contribution in [0.25, 0.3) is 0 Å². The number of carbonyl (C=O) groups excluding carboxylic acids is 2. The SMILES string of the molecule is Cc1ccccc1[C@H]1c2ccsc2CCN1[C@H](C)C(=O)N1CCCN(C(=O)CCl)CC1. The lowest BCUT2D eigenvalue weighted by Gasteiger charge is -2.41. The topological polar surface area (TPSA) is 43.9 Å². The standard InChI is InChI=1S/C24H30ClN3O2S/c1-17-6-3-4-7-19(17)23-20-9-15-31-21(20)8-12-28(23)18(2)24(30)27-11-5-10-26(13-14-27)22(29)16-25/h3-4,6-7,9,15,18,23H,5,8,10-14,16H2,1-2H3/t18-,23+/m1/s1. The lowest BCUT2D eigenvalue weighted by Crippen LogP contribution is -2.51. The number of halogens is 1. The molecule has 2 aliphatic rings. The Morgan fingerprint density at radius 1 is 1.06 bits per heavy atom. The van der Waals surface area contributed by atoms with Crippen LogP contribution in [0, 0.1) is 6.92 Å². The molecule has 2 aromatic rings. The molecule has 1 aromatic carbocycles. The highest BCUT2D eigenvalue weighted by molar-refractivity contribution is 7.10. The Labute approximate surface area is 193 Å². The predicted molar refractivity (Wildman–Crippen MR) is 126 cm³/mol. The Bertz CT molecular complexity index is 946. The number of rotatable bonds is 4. The Kier molecular flexibility index (Phi) is 6.99. The highest BCUT2D eigenvalue weighted by Gasteiger charge is 2.37. The van der Waals surface area contributed by atoms with Crippen LogP contribution in [0.5, 0.6) is 0 Å². The van der Waals surface area contributed by atoms with Crippen LogP contribution in [-0.4, -0.2) is 71.2 Å². The molecule has 0 aliphatic carbocycles. The number of thiophene rings is 1. The summed E-state index contributed by atoms with van der Waals surface area (Å²) in [5.41, 5.74) is 3.86. The quantitative estimate of drug-likeness (QED) is 0.655. The van der Waals surface area contributed by atoms with E-state index in [-0.39, 0.29) is 29.8 Å². The fraction of sp³-hybridized carbons (Fsp3) is 0.500. The van der Waals surface area contributed by atoms with Crippen molar-refractivity contribution in [1.82, 2.24) is 14.7 Å². The molecule has 2 amide bonds. The van der Waals surface area contributed by atoms with Gasteiger partial charge < -0.3 is 9.80 Å². The second-order valence-corrected chi connectivity index (χ2v) is 9.68. The smallest absolute Gasteiger partial charge is 0.239 e. The van der Waals surface area contributed by atoms with E-state index in [2.05, 4.69) is 47.5 Å². The van der Waals surface area contributed by atoms with Crippen LogP contribution in [0.2, 0.25) is 0 Å². The van der Waals surface area contributed by atoms with Gasteiger partial charge in [0.1, 0.15) is 5.88 Å². The fourth-order valence-corrected chi connectivity index (χ4v) is 5.94. The van der Waals surface area contributed by atoms with Crippen LogP contribution in [0.4, 0.5) is 0 Å². The van der Waals surface area contributed by atoms with Gasteiger partial charge in [-0.1, -0.05) is 24.3 Å². The molecule has 0 bridgehead atoms. The van der Waals surface area contributed by atoms with Gasteiger partial charge >= 0.3 is 0 Å². The highest BCUT2D eigenvalue weighted by atomic mass is 35.5. The molecule has 5 nitrogen and oxygen atoms in total. The zero-order valence-electron chi connectivity index (χ0n) is 18.2. The van der Waals surface area contributed by atoms with Crippen molar-refractivity contribution in [3.63, 3.8) is 0 Å². The number of aryl methyl sites for hydroxylation is 1. The fourth-order valence-electron chi connectivity index (χ4n) is 4.87. The van der Waals surface area contributed by atoms with E-state index in [1.165, 1.54) is 21.6 Å². The number of nitrogens with zero attached hydrogens (tertiary/aromatic N) is 3. The van der Waals surface area contributed by atoms with Crippen molar-refractivity contribution in [3.8, 4) is 0 Å². The van der Waals surface area contributed by atoms with Gasteiger partial charge in [0.25, 0.3) is 0 Å². The monoisotopic (exact) mass is 459 g/mol. The summed E-state index contributed by atoms with van der Waals surface area (Å²) in [6.45, 7) is 7.53. The van der Waals surface area contributed by atoms with Gasteiger partial charge in [0.2, 0.25) is 11.8 Å². The Hall–Kier alpha value is -1.89. The third kappa shape index (κ3) is 4.52. The summed E-state index contributed by atoms with van der Waals surface area (Å²) >= 11 is 7.55. The molecule has 31 heavy (non-hydrogen) atoms. The van der Waals surface area contributed by atoms with Crippen molar-refractivity contribution in [1.29, 1.82) is 0 Å². The van der Waals surface area contributed by atoms with E-state index in [1.54, 1.807) is 4.90 Å². The van der Waals surface area contributed by atoms with E-state index in [9.17, 15) is 9.59 Å². The van der Waals surface area contributed by atoms with Crippen LogP contribution in [0.15, 0.2) is 35.7 Å². The number of alkyl halides is 1. The van der Waals surface area contributed by atoms with Crippen LogP contribution >= 0.6 is 22.9 Å². The molecule has 1 fully saturated rings. The molecule has 2 aliphatic heterocycles. The minimum atomic E-state index is -0.229. The Morgan fingerprint density at radius 3 is 2.58 bits per heavy atom. The van der Waals surface area contributed by atoms with E-state index in [0.29, 0.717) is 26.2 Å². The van der Waals surface area contributed by atoms with E-state index in [0.717, 1.165) is 19.4 Å². The summed E-state index contributed by atoms with van der Waals surface area (Å²) in [6.07, 6.45) is 1.77. The molecule has 166 valence electrons. The van der Waals surface area contributed by atoms with Crippen molar-refractivity contribution >= 4 is 34.8 Å². The predicted octanol–water partition coefficient (Wildman–Crippen LogP) is 3.69. The lowest BCUT2D eigenvalue weighted by atomic mass is 9.89. The summed E-state index contributed by atoms with van der Waals surface area (Å²) in [4.78, 5) is 33.1. The normalized spacial score (nSPS) is 20.8. The Balaban J connectivity index is 1.56. The largest absolute Gasteiger partial charge is 0.340 e. The van der Waals surface area contributed by atoms with Gasteiger partial charge in [-0.15, -0.1) is 22.9 Å². The molecule has 0 N–H and O–H groups in total. The van der Waals surface area contributed by atoms with Crippen molar-refractivity contribution in [2.24, 2.45) is 0 Å². The second-order valence-electron chi connectivity index (χ2n) is 8.42. The lowest BCUT2D eigenvalue weighted by molar-refractivity contribution is -0.137. The molecular formula is C24H30ClN3O2S. The molecule has 0 unspecified atom stereocenters. The van der Waals surface area contributed by atoms with Gasteiger partial charge in [0.05, 0.1) is 12.1 Å². The van der Waals surface area contributed by atoms with Crippen molar-refractivity contribution < 1.29 is 9.59 Å². The van der Waals surface area contributed by atoms with E-state index in [1.807, 2.05) is 23.2 Å². The van der Waals surface area contributed by atoms with Crippen LogP contribution in [-0.2, 0) is 16.0 Å². The van der Waals surface area contributed by atoms with Gasteiger partial charge in [-0.25, -0.2) is 0 Å². The number of amides is 2. The molecule has 2 atom stereocenters. The highest BCUT2D eigenvalue weighted by Crippen LogP contribution is 2.40. The summed E-state index contributed by atoms with van der Waals surface area (Å²) < 4.78 is 0. The third-order valence-corrected chi connectivity index (χ3v) is 7.84. The van der Waals surface area contributed by atoms with Gasteiger partial charge in [0, 0.05) is 37.6 Å². The van der Waals surface area contributed by atoms with E-state index >= 15 is 0 Å². The van der Waals surface area contributed by atoms with Crippen molar-refractivity contribution in [2.75, 3.05) is 38.6 Å². The molecule has 0 radical (unpaired) electrons. The van der Waals surface area contributed by atoms with Crippen LogP contribution in [0.3, 0.4) is 0 Å². The van der Waals surface area contributed by atoms with E-state index in [4.69, 9.17) is 11.6 Å². The van der Waals surface area contributed by atoms with Crippen molar-refractivity contribution in [2.45, 2.75) is 38.8 Å². The first kappa shape index (κ1) is 22.3. The molecule has 0 saturated carbocycles. The number of benzene rings is 1. The molecule has 3 heterocycles. The maximum Gasteiger partial charge on any atom is 0.239 e. The first-order valence-electron chi connectivity index (χ1n) is 11.0. The summed E-state index contributed by atoms with van der Waals surface area (Å²) in [6, 6.07) is 10.6. The number of hydrogen-bond acceptors (Lipinski definition) is 4. The first-order chi connectivity index (χ1) is 15.0. The first-order valence-corrected chi connectivity index (χ1v) is 12.4. The summed E-state index contributed by atoms with van der Waals surface area (Å²) in [7, 11) is 0. The van der Waals surface area contributed by atoms with Crippen LogP contribution < -0.4 is 0 Å². The number of hydrogen-bond donors (Lipinski definition) is 0.